The predicted molar refractivity (Wildman–Crippen MR) is 168 cm³/mol. The number of esters is 1. The summed E-state index contributed by atoms with van der Waals surface area (Å²) in [7, 11) is 1.52. The highest BCUT2D eigenvalue weighted by Gasteiger charge is 2.23. The average Bonchev–Trinajstić information content (AvgIpc) is 2.99. The molecular weight excluding hydrogens is 594 g/mol. The van der Waals surface area contributed by atoms with Crippen molar-refractivity contribution in [2.75, 3.05) is 77.7 Å². The summed E-state index contributed by atoms with van der Waals surface area (Å²) in [5, 5.41) is 1.75. The van der Waals surface area contributed by atoms with Gasteiger partial charge in [-0.15, -0.1) is 0 Å². The van der Waals surface area contributed by atoms with Crippen LogP contribution in [0.3, 0.4) is 0 Å². The minimum Gasteiger partial charge on any atom is -0.496 e. The Morgan fingerprint density at radius 1 is 1.05 bits per heavy atom. The zero-order valence-corrected chi connectivity index (χ0v) is 26.2. The van der Waals surface area contributed by atoms with Crippen molar-refractivity contribution in [3.63, 3.8) is 0 Å². The largest absolute Gasteiger partial charge is 0.496 e. The molecule has 1 fully saturated rings. The van der Waals surface area contributed by atoms with Gasteiger partial charge >= 0.3 is 5.97 Å². The normalized spacial score (nSPS) is 14.1. The number of ether oxygens (including phenoxy) is 2. The second-order valence-electron chi connectivity index (χ2n) is 10.5. The predicted octanol–water partition coefficient (Wildman–Crippen LogP) is 3.21. The summed E-state index contributed by atoms with van der Waals surface area (Å²) < 4.78 is 39.5. The molecule has 3 aromatic carbocycles. The van der Waals surface area contributed by atoms with Crippen LogP contribution < -0.4 is 20.1 Å². The summed E-state index contributed by atoms with van der Waals surface area (Å²) in [6.45, 7) is 3.23. The smallest absolute Gasteiger partial charge is 0.342 e. The Hall–Kier alpha value is -3.58. The highest BCUT2D eigenvalue weighted by atomic mass is 35.5. The molecule has 1 saturated heterocycles. The lowest BCUT2D eigenvalue weighted by Crippen LogP contribution is -2.49. The maximum atomic E-state index is 13.1. The second kappa shape index (κ2) is 14.3. The van der Waals surface area contributed by atoms with Crippen LogP contribution in [0.1, 0.15) is 23.2 Å². The number of anilines is 2. The van der Waals surface area contributed by atoms with E-state index in [0.29, 0.717) is 56.0 Å². The van der Waals surface area contributed by atoms with Gasteiger partial charge in [0.1, 0.15) is 17.9 Å². The molecule has 0 radical (unpaired) electrons. The third-order valence-electron chi connectivity index (χ3n) is 7.39. The number of piperazine rings is 1. The van der Waals surface area contributed by atoms with E-state index in [4.69, 9.17) is 26.8 Å². The quantitative estimate of drug-likeness (QED) is 0.176. The fraction of sp³-hybridized carbons (Fsp3) is 0.400. The number of carbonyl (C=O) groups excluding carboxylic acids is 2. The monoisotopic (exact) mass is 631 g/mol. The van der Waals surface area contributed by atoms with Gasteiger partial charge in [0.2, 0.25) is 15.9 Å². The third-order valence-corrected chi connectivity index (χ3v) is 9.24. The molecule has 1 aliphatic heterocycles. The van der Waals surface area contributed by atoms with Gasteiger partial charge in [-0.3, -0.25) is 9.69 Å². The number of rotatable bonds is 12. The van der Waals surface area contributed by atoms with Crippen molar-refractivity contribution in [2.24, 2.45) is 0 Å². The van der Waals surface area contributed by atoms with Crippen LogP contribution >= 0.6 is 11.6 Å². The fourth-order valence-electron chi connectivity index (χ4n) is 5.03. The number of hydrogen-bond acceptors (Lipinski definition) is 9. The Kier molecular flexibility index (Phi) is 10.7. The molecule has 0 saturated carbocycles. The molecule has 13 heteroatoms. The van der Waals surface area contributed by atoms with E-state index in [1.165, 1.54) is 19.2 Å². The zero-order valence-electron chi connectivity index (χ0n) is 24.6. The average molecular weight is 632 g/mol. The third kappa shape index (κ3) is 7.88. The molecule has 1 aliphatic rings. The second-order valence-corrected chi connectivity index (χ2v) is 12.6. The number of carbonyl (C=O) groups is 2. The number of sulfonamides is 1. The summed E-state index contributed by atoms with van der Waals surface area (Å²) >= 11 is 6.04. The SMILES string of the molecule is COc1cc(N)c(Cl)cc1C(=O)OCCN1CCN(C(=O)CCCNS(=O)(=O)c2cccc3c(N(C)C)cccc23)CC1. The molecule has 232 valence electrons. The van der Waals surface area contributed by atoms with E-state index in [2.05, 4.69) is 9.62 Å². The van der Waals surface area contributed by atoms with Gasteiger partial charge in [0.05, 0.1) is 22.7 Å². The number of amides is 1. The van der Waals surface area contributed by atoms with Gasteiger partial charge < -0.3 is 25.0 Å². The standard InChI is InChI=1S/C30H38ClN5O6S/c1-34(2)26-9-4-8-22-21(26)7-5-10-28(22)43(39,40)33-12-6-11-29(37)36-15-13-35(14-16-36)17-18-42-30(38)23-19-24(31)25(32)20-27(23)41-3/h4-5,7-10,19-20,33H,6,11-18,32H2,1-3H3. The van der Waals surface area contributed by atoms with Crippen molar-refractivity contribution in [2.45, 2.75) is 17.7 Å². The van der Waals surface area contributed by atoms with Crippen LogP contribution in [0.25, 0.3) is 10.8 Å². The van der Waals surface area contributed by atoms with Crippen LogP contribution in [0.5, 0.6) is 5.75 Å². The molecule has 3 aromatic rings. The van der Waals surface area contributed by atoms with Crippen LogP contribution in [-0.4, -0.2) is 97.2 Å². The maximum Gasteiger partial charge on any atom is 0.342 e. The van der Waals surface area contributed by atoms with Crippen LogP contribution in [0.2, 0.25) is 5.02 Å². The molecule has 43 heavy (non-hydrogen) atoms. The first-order valence-corrected chi connectivity index (χ1v) is 15.9. The van der Waals surface area contributed by atoms with E-state index in [1.54, 1.807) is 23.1 Å². The molecule has 1 heterocycles. The number of nitrogens with one attached hydrogen (secondary N) is 1. The van der Waals surface area contributed by atoms with E-state index in [9.17, 15) is 18.0 Å². The summed E-state index contributed by atoms with van der Waals surface area (Å²) in [4.78, 5) is 31.4. The molecule has 0 spiro atoms. The minimum absolute atomic E-state index is 0.0154. The first kappa shape index (κ1) is 32.3. The Morgan fingerprint density at radius 3 is 2.44 bits per heavy atom. The summed E-state index contributed by atoms with van der Waals surface area (Å²) in [6, 6.07) is 13.8. The van der Waals surface area contributed by atoms with E-state index in [-0.39, 0.29) is 41.0 Å². The van der Waals surface area contributed by atoms with Gasteiger partial charge in [-0.1, -0.05) is 35.9 Å². The van der Waals surface area contributed by atoms with Gasteiger partial charge in [0.15, 0.2) is 0 Å². The molecule has 0 unspecified atom stereocenters. The zero-order chi connectivity index (χ0) is 31.1. The number of hydrogen-bond donors (Lipinski definition) is 2. The number of methoxy groups -OCH3 is 1. The van der Waals surface area contributed by atoms with E-state index in [0.717, 1.165) is 11.1 Å². The first-order valence-electron chi connectivity index (χ1n) is 14.0. The lowest BCUT2D eigenvalue weighted by atomic mass is 10.1. The number of benzene rings is 3. The van der Waals surface area contributed by atoms with Crippen molar-refractivity contribution >= 4 is 55.6 Å². The molecule has 0 bridgehead atoms. The topological polar surface area (TPSA) is 135 Å². The molecular formula is C30H38ClN5O6S. The number of nitrogen functional groups attached to an aromatic ring is 1. The molecule has 0 atom stereocenters. The van der Waals surface area contributed by atoms with E-state index < -0.39 is 16.0 Å². The van der Waals surface area contributed by atoms with Gasteiger partial charge in [0, 0.05) is 82.3 Å². The lowest BCUT2D eigenvalue weighted by Gasteiger charge is -2.34. The Labute approximate surface area is 257 Å². The highest BCUT2D eigenvalue weighted by molar-refractivity contribution is 7.89. The Morgan fingerprint density at radius 2 is 1.74 bits per heavy atom. The summed E-state index contributed by atoms with van der Waals surface area (Å²) in [5.41, 5.74) is 7.22. The Bertz CT molecular complexity index is 1570. The van der Waals surface area contributed by atoms with Crippen LogP contribution in [0.4, 0.5) is 11.4 Å². The minimum atomic E-state index is -3.76. The van der Waals surface area contributed by atoms with Crippen molar-refractivity contribution in [1.29, 1.82) is 0 Å². The van der Waals surface area contributed by atoms with Gasteiger partial charge in [0.25, 0.3) is 0 Å². The van der Waals surface area contributed by atoms with Crippen molar-refractivity contribution in [3.05, 3.63) is 59.1 Å². The van der Waals surface area contributed by atoms with Gasteiger partial charge in [-0.25, -0.2) is 17.9 Å². The number of fused-ring (bicyclic) bond motifs is 1. The van der Waals surface area contributed by atoms with Gasteiger partial charge in [-0.2, -0.15) is 0 Å². The van der Waals surface area contributed by atoms with E-state index in [1.807, 2.05) is 37.2 Å². The molecule has 0 aliphatic carbocycles. The number of nitrogens with two attached hydrogens (primary N) is 1. The Balaban J connectivity index is 1.19. The van der Waals surface area contributed by atoms with Crippen molar-refractivity contribution < 1.29 is 27.5 Å². The lowest BCUT2D eigenvalue weighted by molar-refractivity contribution is -0.133. The fourth-order valence-corrected chi connectivity index (χ4v) is 6.49. The van der Waals surface area contributed by atoms with E-state index >= 15 is 0 Å². The van der Waals surface area contributed by atoms with Gasteiger partial charge in [-0.05, 0) is 24.6 Å². The van der Waals surface area contributed by atoms with Crippen LogP contribution in [0, 0.1) is 0 Å². The number of nitrogens with zero attached hydrogens (tertiary/aromatic N) is 3. The molecule has 4 rings (SSSR count). The van der Waals surface area contributed by atoms with Crippen LogP contribution in [0.15, 0.2) is 53.4 Å². The molecule has 1 amide bonds. The molecule has 11 nitrogen and oxygen atoms in total. The number of halogens is 1. The maximum absolute atomic E-state index is 13.1. The molecule has 3 N–H and O–H groups in total. The first-order chi connectivity index (χ1) is 20.5. The van der Waals surface area contributed by atoms with Crippen LogP contribution in [-0.2, 0) is 19.6 Å². The van der Waals surface area contributed by atoms with Crippen molar-refractivity contribution in [3.8, 4) is 5.75 Å². The summed E-state index contributed by atoms with van der Waals surface area (Å²) in [6.07, 6.45) is 0.632. The molecule has 0 aromatic heterocycles. The highest BCUT2D eigenvalue weighted by Crippen LogP contribution is 2.31. The van der Waals surface area contributed by atoms with Crippen molar-refractivity contribution in [1.82, 2.24) is 14.5 Å². The summed E-state index contributed by atoms with van der Waals surface area (Å²) in [5.74, 6) is -0.278.